The molecule has 4 heterocycles. The third kappa shape index (κ3) is 4.01. The quantitative estimate of drug-likeness (QED) is 0.433. The molecule has 35 heavy (non-hydrogen) atoms. The SMILES string of the molecule is Cn1nc(-c2cc(C(F)(F)F)c(F)c(O)c2F)c2cnc(N3CCOC(c4ccncc4)C3)nc21. The Labute approximate surface area is 194 Å². The minimum absolute atomic E-state index is 0.133. The lowest BCUT2D eigenvalue weighted by Gasteiger charge is -2.33. The zero-order valence-electron chi connectivity index (χ0n) is 18.1. The topological polar surface area (TPSA) is 89.2 Å². The number of anilines is 1. The lowest BCUT2D eigenvalue weighted by atomic mass is 10.0. The summed E-state index contributed by atoms with van der Waals surface area (Å²) in [5.41, 5.74) is -1.64. The van der Waals surface area contributed by atoms with Gasteiger partial charge in [0.2, 0.25) is 5.95 Å². The number of ether oxygens (including phenoxy) is 1. The molecule has 0 bridgehead atoms. The standard InChI is InChI=1S/C22H17F5N6O2/c1-32-20-13(18(31-32)12-8-14(22(25,26)27)17(24)19(34)16(12)23)9-29-21(30-20)33-6-7-35-15(10-33)11-2-4-28-5-3-11/h2-5,8-9,15,34H,6-7,10H2,1H3. The highest BCUT2D eigenvalue weighted by Crippen LogP contribution is 2.41. The Morgan fingerprint density at radius 1 is 1.14 bits per heavy atom. The number of alkyl halides is 3. The fraction of sp³-hybridized carbons (Fsp3) is 0.273. The smallest absolute Gasteiger partial charge is 0.419 e. The number of phenolic OH excluding ortho intramolecular Hbond substituents is 1. The molecular formula is C22H17F5N6O2. The van der Waals surface area contributed by atoms with Crippen LogP contribution in [0.2, 0.25) is 0 Å². The number of morpholine rings is 1. The largest absolute Gasteiger partial charge is 0.503 e. The van der Waals surface area contributed by atoms with Crippen molar-refractivity contribution < 1.29 is 31.8 Å². The molecule has 4 aromatic rings. The van der Waals surface area contributed by atoms with E-state index < -0.39 is 34.7 Å². The minimum atomic E-state index is -5.15. The molecule has 1 saturated heterocycles. The van der Waals surface area contributed by atoms with Crippen LogP contribution >= 0.6 is 0 Å². The Balaban J connectivity index is 1.54. The number of pyridine rings is 1. The summed E-state index contributed by atoms with van der Waals surface area (Å²) in [4.78, 5) is 14.7. The van der Waals surface area contributed by atoms with Crippen molar-refractivity contribution in [2.75, 3.05) is 24.6 Å². The first kappa shape index (κ1) is 22.9. The summed E-state index contributed by atoms with van der Waals surface area (Å²) in [5, 5.41) is 13.9. The molecule has 1 aromatic carbocycles. The summed E-state index contributed by atoms with van der Waals surface area (Å²) in [6.07, 6.45) is -0.767. The van der Waals surface area contributed by atoms with Crippen LogP contribution in [0.1, 0.15) is 17.2 Å². The molecule has 0 spiro atoms. The van der Waals surface area contributed by atoms with Gasteiger partial charge in [-0.25, -0.2) is 18.4 Å². The van der Waals surface area contributed by atoms with Gasteiger partial charge in [0.1, 0.15) is 11.8 Å². The molecule has 0 saturated carbocycles. The van der Waals surface area contributed by atoms with Gasteiger partial charge >= 0.3 is 6.18 Å². The Morgan fingerprint density at radius 2 is 1.89 bits per heavy atom. The van der Waals surface area contributed by atoms with Crippen molar-refractivity contribution in [1.82, 2.24) is 24.7 Å². The highest BCUT2D eigenvalue weighted by atomic mass is 19.4. The molecule has 8 nitrogen and oxygen atoms in total. The van der Waals surface area contributed by atoms with E-state index in [4.69, 9.17) is 4.74 Å². The third-order valence-corrected chi connectivity index (χ3v) is 5.73. The van der Waals surface area contributed by atoms with Gasteiger partial charge in [0.15, 0.2) is 23.0 Å². The molecule has 0 radical (unpaired) electrons. The van der Waals surface area contributed by atoms with Crippen molar-refractivity contribution in [2.45, 2.75) is 12.3 Å². The number of aromatic nitrogens is 5. The normalized spacial score (nSPS) is 16.7. The molecule has 1 unspecified atom stereocenters. The molecule has 1 aliphatic heterocycles. The Morgan fingerprint density at radius 3 is 2.60 bits per heavy atom. The van der Waals surface area contributed by atoms with Gasteiger partial charge in [0, 0.05) is 37.7 Å². The van der Waals surface area contributed by atoms with E-state index >= 15 is 0 Å². The number of rotatable bonds is 3. The first-order valence-electron chi connectivity index (χ1n) is 10.4. The average Bonchev–Trinajstić information content (AvgIpc) is 3.18. The van der Waals surface area contributed by atoms with E-state index in [-0.39, 0.29) is 28.9 Å². The number of phenols is 1. The number of aromatic hydroxyl groups is 1. The summed E-state index contributed by atoms with van der Waals surface area (Å²) in [6, 6.07) is 3.96. The second kappa shape index (κ2) is 8.41. The van der Waals surface area contributed by atoms with Crippen LogP contribution in [0, 0.1) is 11.6 Å². The number of nitrogens with zero attached hydrogens (tertiary/aromatic N) is 6. The zero-order chi connectivity index (χ0) is 24.9. The Bertz CT molecular complexity index is 1410. The molecule has 5 rings (SSSR count). The van der Waals surface area contributed by atoms with Crippen molar-refractivity contribution in [2.24, 2.45) is 7.05 Å². The molecule has 13 heteroatoms. The van der Waals surface area contributed by atoms with Crippen LogP contribution in [0.4, 0.5) is 27.9 Å². The molecule has 0 aliphatic carbocycles. The van der Waals surface area contributed by atoms with Crippen LogP contribution in [0.25, 0.3) is 22.3 Å². The van der Waals surface area contributed by atoms with Crippen LogP contribution in [-0.2, 0) is 18.0 Å². The first-order valence-corrected chi connectivity index (χ1v) is 10.4. The van der Waals surface area contributed by atoms with Gasteiger partial charge in [-0.3, -0.25) is 4.98 Å². The monoisotopic (exact) mass is 492 g/mol. The molecule has 1 atom stereocenters. The highest BCUT2D eigenvalue weighted by Gasteiger charge is 2.38. The summed E-state index contributed by atoms with van der Waals surface area (Å²) in [6.45, 7) is 1.34. The van der Waals surface area contributed by atoms with Gasteiger partial charge in [-0.15, -0.1) is 0 Å². The maximum Gasteiger partial charge on any atom is 0.419 e. The van der Waals surface area contributed by atoms with Gasteiger partial charge < -0.3 is 14.7 Å². The molecule has 1 fully saturated rings. The highest BCUT2D eigenvalue weighted by molar-refractivity contribution is 5.91. The summed E-state index contributed by atoms with van der Waals surface area (Å²) >= 11 is 0. The maximum absolute atomic E-state index is 14.7. The number of benzene rings is 1. The predicted molar refractivity (Wildman–Crippen MR) is 113 cm³/mol. The second-order valence-electron chi connectivity index (χ2n) is 7.91. The van der Waals surface area contributed by atoms with Crippen LogP contribution < -0.4 is 4.90 Å². The maximum atomic E-state index is 14.7. The number of aryl methyl sites for hydroxylation is 1. The van der Waals surface area contributed by atoms with E-state index in [2.05, 4.69) is 20.1 Å². The van der Waals surface area contributed by atoms with Gasteiger partial charge in [0.25, 0.3) is 0 Å². The van der Waals surface area contributed by atoms with E-state index in [0.29, 0.717) is 25.6 Å². The first-order chi connectivity index (χ1) is 16.6. The fourth-order valence-corrected chi connectivity index (χ4v) is 3.99. The second-order valence-corrected chi connectivity index (χ2v) is 7.91. The van der Waals surface area contributed by atoms with E-state index in [9.17, 15) is 27.1 Å². The summed E-state index contributed by atoms with van der Waals surface area (Å²) in [7, 11) is 1.48. The molecule has 1 aliphatic rings. The van der Waals surface area contributed by atoms with Crippen LogP contribution in [0.5, 0.6) is 5.75 Å². The van der Waals surface area contributed by atoms with Crippen molar-refractivity contribution in [1.29, 1.82) is 0 Å². The lowest BCUT2D eigenvalue weighted by Crippen LogP contribution is -2.39. The van der Waals surface area contributed by atoms with Gasteiger partial charge in [-0.1, -0.05) is 0 Å². The van der Waals surface area contributed by atoms with E-state index in [1.165, 1.54) is 17.9 Å². The third-order valence-electron chi connectivity index (χ3n) is 5.73. The Hall–Kier alpha value is -3.87. The number of hydrogen-bond donors (Lipinski definition) is 1. The van der Waals surface area contributed by atoms with E-state index in [1.807, 2.05) is 17.0 Å². The molecule has 182 valence electrons. The number of halogens is 5. The fourth-order valence-electron chi connectivity index (χ4n) is 3.99. The Kier molecular flexibility index (Phi) is 5.50. The van der Waals surface area contributed by atoms with Crippen molar-refractivity contribution >= 4 is 17.0 Å². The van der Waals surface area contributed by atoms with Crippen LogP contribution in [-0.4, -0.2) is 49.5 Å². The van der Waals surface area contributed by atoms with E-state index in [1.54, 1.807) is 12.4 Å². The van der Waals surface area contributed by atoms with Crippen molar-refractivity contribution in [3.8, 4) is 17.0 Å². The molecular weight excluding hydrogens is 475 g/mol. The molecule has 3 aromatic heterocycles. The van der Waals surface area contributed by atoms with Gasteiger partial charge in [-0.2, -0.15) is 23.3 Å². The van der Waals surface area contributed by atoms with Gasteiger partial charge in [0.05, 0.1) is 24.1 Å². The van der Waals surface area contributed by atoms with Crippen molar-refractivity contribution in [3.63, 3.8) is 0 Å². The molecule has 0 amide bonds. The number of fused-ring (bicyclic) bond motifs is 1. The molecule has 1 N–H and O–H groups in total. The van der Waals surface area contributed by atoms with Crippen molar-refractivity contribution in [3.05, 3.63) is 59.6 Å². The average molecular weight is 492 g/mol. The summed E-state index contributed by atoms with van der Waals surface area (Å²) < 4.78 is 75.4. The lowest BCUT2D eigenvalue weighted by molar-refractivity contribution is -0.140. The zero-order valence-corrected chi connectivity index (χ0v) is 18.1. The van der Waals surface area contributed by atoms with Gasteiger partial charge in [-0.05, 0) is 23.8 Å². The van der Waals surface area contributed by atoms with Crippen LogP contribution in [0.15, 0.2) is 36.8 Å². The van der Waals surface area contributed by atoms with Crippen LogP contribution in [0.3, 0.4) is 0 Å². The summed E-state index contributed by atoms with van der Waals surface area (Å²) in [5.74, 6) is -5.06. The number of hydrogen-bond acceptors (Lipinski definition) is 7. The minimum Gasteiger partial charge on any atom is -0.503 e. The van der Waals surface area contributed by atoms with E-state index in [0.717, 1.165) is 5.56 Å². The predicted octanol–water partition coefficient (Wildman–Crippen LogP) is 4.01.